The van der Waals surface area contributed by atoms with Crippen molar-refractivity contribution in [3.05, 3.63) is 59.7 Å². The molecule has 3 heterocycles. The van der Waals surface area contributed by atoms with E-state index in [9.17, 15) is 31.1 Å². The lowest BCUT2D eigenvalue weighted by Gasteiger charge is -2.12. The van der Waals surface area contributed by atoms with Crippen LogP contribution in [-0.2, 0) is 19.4 Å². The zero-order chi connectivity index (χ0) is 23.3. The van der Waals surface area contributed by atoms with Crippen molar-refractivity contribution >= 4 is 22.8 Å². The number of oxazole rings is 1. The number of hydrogen-bond acceptors (Lipinski definition) is 5. The molecule has 0 unspecified atom stereocenters. The predicted molar refractivity (Wildman–Crippen MR) is 98.4 cm³/mol. The van der Waals surface area contributed by atoms with Gasteiger partial charge in [0, 0.05) is 24.4 Å². The first-order valence-electron chi connectivity index (χ1n) is 8.78. The number of anilines is 1. The van der Waals surface area contributed by atoms with E-state index in [0.717, 1.165) is 30.4 Å². The first kappa shape index (κ1) is 21.3. The van der Waals surface area contributed by atoms with Crippen molar-refractivity contribution in [2.75, 3.05) is 5.32 Å². The number of carbonyl (C=O) groups excluding carboxylic acids is 1. The number of nitrogens with zero attached hydrogens (tertiary/aromatic N) is 4. The Labute approximate surface area is 174 Å². The highest BCUT2D eigenvalue weighted by atomic mass is 19.4. The molecule has 0 aliphatic carbocycles. The van der Waals surface area contributed by atoms with Crippen LogP contribution in [-0.4, -0.2) is 25.7 Å². The van der Waals surface area contributed by atoms with E-state index in [0.29, 0.717) is 6.07 Å². The van der Waals surface area contributed by atoms with Crippen molar-refractivity contribution in [1.29, 1.82) is 0 Å². The molecule has 1 amide bonds. The number of amides is 1. The molecular weight excluding hydrogens is 444 g/mol. The lowest BCUT2D eigenvalue weighted by Crippen LogP contribution is -2.19. The second kappa shape index (κ2) is 7.35. The van der Waals surface area contributed by atoms with Crippen molar-refractivity contribution in [3.8, 4) is 11.3 Å². The summed E-state index contributed by atoms with van der Waals surface area (Å²) in [4.78, 5) is 19.5. The fourth-order valence-corrected chi connectivity index (χ4v) is 3.11. The summed E-state index contributed by atoms with van der Waals surface area (Å²) >= 11 is 0. The zero-order valence-electron chi connectivity index (χ0n) is 15.9. The minimum atomic E-state index is -4.96. The summed E-state index contributed by atoms with van der Waals surface area (Å²) in [5.74, 6) is -1.94. The topological polar surface area (TPSA) is 85.8 Å². The van der Waals surface area contributed by atoms with Crippen LogP contribution >= 0.6 is 0 Å². The largest absolute Gasteiger partial charge is 0.443 e. The number of para-hydroxylation sites is 1. The quantitative estimate of drug-likeness (QED) is 0.444. The van der Waals surface area contributed by atoms with Gasteiger partial charge in [-0.3, -0.25) is 14.5 Å². The third-order valence-corrected chi connectivity index (χ3v) is 4.49. The first-order chi connectivity index (χ1) is 15.0. The molecule has 0 bridgehead atoms. The third kappa shape index (κ3) is 3.76. The molecule has 0 aliphatic heterocycles. The minimum Gasteiger partial charge on any atom is -0.443 e. The maximum absolute atomic E-state index is 14.0. The van der Waals surface area contributed by atoms with Crippen LogP contribution in [0.15, 0.2) is 47.3 Å². The highest BCUT2D eigenvalue weighted by Gasteiger charge is 2.41. The SMILES string of the molecule is Cn1nc(-c2cccc3ocnc23)c(C(F)(F)F)c1NC(=O)c1ccnc(C(F)(F)F)c1. The molecule has 4 aromatic rings. The maximum atomic E-state index is 14.0. The second-order valence-electron chi connectivity index (χ2n) is 6.58. The molecule has 0 atom stereocenters. The smallest absolute Gasteiger partial charge is 0.433 e. The van der Waals surface area contributed by atoms with Crippen molar-refractivity contribution in [1.82, 2.24) is 19.7 Å². The molecular formula is C19H11F6N5O2. The molecule has 166 valence electrons. The predicted octanol–water partition coefficient (Wildman–Crippen LogP) is 4.91. The molecule has 32 heavy (non-hydrogen) atoms. The van der Waals surface area contributed by atoms with E-state index < -0.39 is 46.6 Å². The van der Waals surface area contributed by atoms with Gasteiger partial charge in [0.2, 0.25) is 0 Å². The highest BCUT2D eigenvalue weighted by molar-refractivity contribution is 6.05. The number of alkyl halides is 6. The number of pyridine rings is 1. The molecule has 0 saturated carbocycles. The highest BCUT2D eigenvalue weighted by Crippen LogP contribution is 2.43. The number of fused-ring (bicyclic) bond motifs is 1. The van der Waals surface area contributed by atoms with E-state index in [1.54, 1.807) is 0 Å². The molecule has 13 heteroatoms. The normalized spacial score (nSPS) is 12.3. The number of nitrogens with one attached hydrogen (secondary N) is 1. The van der Waals surface area contributed by atoms with E-state index in [4.69, 9.17) is 4.42 Å². The van der Waals surface area contributed by atoms with E-state index >= 15 is 0 Å². The summed E-state index contributed by atoms with van der Waals surface area (Å²) in [6.07, 6.45) is -7.99. The van der Waals surface area contributed by atoms with Gasteiger partial charge in [-0.25, -0.2) is 4.98 Å². The lowest BCUT2D eigenvalue weighted by atomic mass is 10.1. The van der Waals surface area contributed by atoms with Gasteiger partial charge in [-0.1, -0.05) is 12.1 Å². The summed E-state index contributed by atoms with van der Waals surface area (Å²) in [5, 5.41) is 5.90. The Hall–Kier alpha value is -3.90. The van der Waals surface area contributed by atoms with Gasteiger partial charge in [-0.15, -0.1) is 0 Å². The van der Waals surface area contributed by atoms with Crippen LogP contribution in [0.25, 0.3) is 22.4 Å². The van der Waals surface area contributed by atoms with Crippen LogP contribution in [0.4, 0.5) is 32.2 Å². The summed E-state index contributed by atoms with van der Waals surface area (Å²) in [5.41, 5.74) is -3.34. The number of benzene rings is 1. The van der Waals surface area contributed by atoms with Gasteiger partial charge >= 0.3 is 12.4 Å². The van der Waals surface area contributed by atoms with Gasteiger partial charge in [-0.2, -0.15) is 31.4 Å². The van der Waals surface area contributed by atoms with Crippen LogP contribution in [0.3, 0.4) is 0 Å². The first-order valence-corrected chi connectivity index (χ1v) is 8.78. The van der Waals surface area contributed by atoms with Gasteiger partial charge in [0.1, 0.15) is 28.3 Å². The molecule has 1 N–H and O–H groups in total. The average molecular weight is 455 g/mol. The molecule has 0 saturated heterocycles. The van der Waals surface area contributed by atoms with Crippen molar-refractivity contribution < 1.29 is 35.6 Å². The van der Waals surface area contributed by atoms with E-state index in [1.807, 2.05) is 5.32 Å². The molecule has 4 rings (SSSR count). The number of carbonyl (C=O) groups is 1. The lowest BCUT2D eigenvalue weighted by molar-refractivity contribution is -0.141. The fraction of sp³-hybridized carbons (Fsp3) is 0.158. The molecule has 7 nitrogen and oxygen atoms in total. The summed E-state index contributed by atoms with van der Waals surface area (Å²) in [6, 6.07) is 5.70. The van der Waals surface area contributed by atoms with Crippen molar-refractivity contribution in [3.63, 3.8) is 0 Å². The molecule has 0 fully saturated rings. The van der Waals surface area contributed by atoms with Gasteiger partial charge in [0.25, 0.3) is 5.91 Å². The Morgan fingerprint density at radius 1 is 1.06 bits per heavy atom. The van der Waals surface area contributed by atoms with Gasteiger partial charge in [-0.05, 0) is 18.2 Å². The van der Waals surface area contributed by atoms with E-state index in [1.165, 1.54) is 18.2 Å². The van der Waals surface area contributed by atoms with Crippen LogP contribution in [0.1, 0.15) is 21.6 Å². The maximum Gasteiger partial charge on any atom is 0.433 e. The Kier molecular flexibility index (Phi) is 4.90. The summed E-state index contributed by atoms with van der Waals surface area (Å²) in [6.45, 7) is 0. The van der Waals surface area contributed by atoms with Crippen LogP contribution in [0.5, 0.6) is 0 Å². The number of aromatic nitrogens is 4. The summed E-state index contributed by atoms with van der Waals surface area (Å²) in [7, 11) is 1.16. The molecule has 3 aromatic heterocycles. The molecule has 0 radical (unpaired) electrons. The fourth-order valence-electron chi connectivity index (χ4n) is 3.11. The Morgan fingerprint density at radius 2 is 1.81 bits per heavy atom. The van der Waals surface area contributed by atoms with Gasteiger partial charge < -0.3 is 9.73 Å². The van der Waals surface area contributed by atoms with Crippen LogP contribution in [0.2, 0.25) is 0 Å². The van der Waals surface area contributed by atoms with Crippen molar-refractivity contribution in [2.24, 2.45) is 7.05 Å². The minimum absolute atomic E-state index is 0.00272. The van der Waals surface area contributed by atoms with E-state index in [2.05, 4.69) is 15.1 Å². The summed E-state index contributed by atoms with van der Waals surface area (Å²) < 4.78 is 86.5. The molecule has 0 aliphatic rings. The second-order valence-corrected chi connectivity index (χ2v) is 6.58. The molecule has 0 spiro atoms. The standard InChI is InChI=1S/C19H11F6N5O2/c1-30-16(28-17(31)9-5-6-26-12(7-9)18(20,21)22)13(19(23,24)25)15(29-30)10-3-2-4-11-14(10)27-8-32-11/h2-8H,1H3,(H,28,31). The average Bonchev–Trinajstić information content (AvgIpc) is 3.31. The van der Waals surface area contributed by atoms with Crippen LogP contribution in [0, 0.1) is 0 Å². The zero-order valence-corrected chi connectivity index (χ0v) is 15.9. The Morgan fingerprint density at radius 3 is 2.50 bits per heavy atom. The number of rotatable bonds is 3. The Bertz CT molecular complexity index is 1320. The van der Waals surface area contributed by atoms with Crippen molar-refractivity contribution in [2.45, 2.75) is 12.4 Å². The molecule has 1 aromatic carbocycles. The number of aryl methyl sites for hydroxylation is 1. The van der Waals surface area contributed by atoms with Gasteiger partial charge in [0.15, 0.2) is 12.0 Å². The number of hydrogen-bond donors (Lipinski definition) is 1. The van der Waals surface area contributed by atoms with E-state index in [-0.39, 0.29) is 16.7 Å². The third-order valence-electron chi connectivity index (χ3n) is 4.49. The Balaban J connectivity index is 1.81. The van der Waals surface area contributed by atoms with Gasteiger partial charge in [0.05, 0.1) is 0 Å². The number of halogens is 6. The monoisotopic (exact) mass is 455 g/mol. The van der Waals surface area contributed by atoms with Crippen LogP contribution < -0.4 is 5.32 Å².